The number of nitrogens with zero attached hydrogens (tertiary/aromatic N) is 1. The van der Waals surface area contributed by atoms with Gasteiger partial charge in [0, 0.05) is 17.9 Å². The number of pyridine rings is 1. The molecule has 0 aliphatic heterocycles. The second-order valence-electron chi connectivity index (χ2n) is 2.63. The molecule has 0 aliphatic carbocycles. The van der Waals surface area contributed by atoms with Crippen molar-refractivity contribution in [3.05, 3.63) is 42.2 Å². The second-order valence-corrected chi connectivity index (χ2v) is 2.63. The molecular weight excluding hydrogens is 232 g/mol. The Morgan fingerprint density at radius 3 is 2.77 bits per heavy atom. The van der Waals surface area contributed by atoms with Crippen LogP contribution in [-0.4, -0.2) is 10.3 Å². The lowest BCUT2D eigenvalue weighted by atomic mass is 10.3. The molecule has 1 amide bonds. The summed E-state index contributed by atoms with van der Waals surface area (Å²) in [6.07, 6.45) is 3.60. The van der Waals surface area contributed by atoms with E-state index in [9.17, 15) is 4.79 Å². The second kappa shape index (κ2) is 3.62. The van der Waals surface area contributed by atoms with Gasteiger partial charge in [0.15, 0.2) is 0 Å². The monoisotopic (exact) mass is 240 g/mol. The van der Waals surface area contributed by atoms with Gasteiger partial charge >= 0.3 is 0 Å². The summed E-state index contributed by atoms with van der Waals surface area (Å²) in [6, 6.07) is 7.51. The van der Waals surface area contributed by atoms with E-state index in [1.54, 1.807) is 12.3 Å². The molecule has 2 aromatic rings. The first-order valence-electron chi connectivity index (χ1n) is 3.64. The summed E-state index contributed by atoms with van der Waals surface area (Å²) in [5.41, 5.74) is 6.65. The third kappa shape index (κ3) is 1.72. The lowest BCUT2D eigenvalue weighted by Crippen LogP contribution is -2.09. The minimum absolute atomic E-state index is 0. The maximum atomic E-state index is 10.8. The zero-order valence-electron chi connectivity index (χ0n) is 6.81. The van der Waals surface area contributed by atoms with Crippen LogP contribution in [-0.2, 0) is 0 Å². The van der Waals surface area contributed by atoms with Crippen LogP contribution in [0.5, 0.6) is 0 Å². The van der Waals surface area contributed by atoms with Crippen LogP contribution in [0.3, 0.4) is 0 Å². The standard InChI is InChI=1S/C9H8N2O.BrH/c10-9(12)7-5-8-3-1-2-4-11(8)6-7;/h1-6H,(H2,10,12);1H. The van der Waals surface area contributed by atoms with E-state index >= 15 is 0 Å². The number of fused-ring (bicyclic) bond motifs is 1. The first-order chi connectivity index (χ1) is 5.77. The molecule has 2 heterocycles. The molecule has 2 rings (SSSR count). The smallest absolute Gasteiger partial charge is 0.250 e. The van der Waals surface area contributed by atoms with Gasteiger partial charge in [-0.2, -0.15) is 0 Å². The molecule has 0 fully saturated rings. The molecule has 2 N–H and O–H groups in total. The summed E-state index contributed by atoms with van der Waals surface area (Å²) >= 11 is 0. The van der Waals surface area contributed by atoms with Crippen LogP contribution in [0.1, 0.15) is 10.4 Å². The van der Waals surface area contributed by atoms with Gasteiger partial charge in [0.2, 0.25) is 5.91 Å². The summed E-state index contributed by atoms with van der Waals surface area (Å²) in [4.78, 5) is 10.8. The van der Waals surface area contributed by atoms with Crippen molar-refractivity contribution in [1.29, 1.82) is 0 Å². The molecule has 3 nitrogen and oxygen atoms in total. The number of halogens is 1. The van der Waals surface area contributed by atoms with E-state index < -0.39 is 5.91 Å². The predicted octanol–water partition coefficient (Wildman–Crippen LogP) is 1.62. The topological polar surface area (TPSA) is 47.5 Å². The summed E-state index contributed by atoms with van der Waals surface area (Å²) in [5, 5.41) is 0. The molecule has 0 aromatic carbocycles. The van der Waals surface area contributed by atoms with Crippen molar-refractivity contribution >= 4 is 28.4 Å². The number of amides is 1. The van der Waals surface area contributed by atoms with Gasteiger partial charge in [0.25, 0.3) is 0 Å². The molecule has 13 heavy (non-hydrogen) atoms. The Hall–Kier alpha value is -1.29. The molecule has 2 aromatic heterocycles. The van der Waals surface area contributed by atoms with Crippen molar-refractivity contribution in [3.8, 4) is 0 Å². The molecule has 0 spiro atoms. The van der Waals surface area contributed by atoms with Crippen molar-refractivity contribution in [1.82, 2.24) is 4.40 Å². The van der Waals surface area contributed by atoms with Crippen molar-refractivity contribution in [2.75, 3.05) is 0 Å². The predicted molar refractivity (Wildman–Crippen MR) is 56.2 cm³/mol. The summed E-state index contributed by atoms with van der Waals surface area (Å²) in [7, 11) is 0. The third-order valence-corrected chi connectivity index (χ3v) is 1.79. The van der Waals surface area contributed by atoms with Crippen LogP contribution in [0.4, 0.5) is 0 Å². The number of carbonyl (C=O) groups excluding carboxylic acids is 1. The quantitative estimate of drug-likeness (QED) is 0.810. The normalized spacial score (nSPS) is 9.54. The van der Waals surface area contributed by atoms with E-state index in [-0.39, 0.29) is 17.0 Å². The Balaban J connectivity index is 0.000000845. The molecule has 68 valence electrons. The van der Waals surface area contributed by atoms with Gasteiger partial charge in [-0.3, -0.25) is 4.79 Å². The zero-order chi connectivity index (χ0) is 8.55. The van der Waals surface area contributed by atoms with Crippen molar-refractivity contribution in [3.63, 3.8) is 0 Å². The van der Waals surface area contributed by atoms with Gasteiger partial charge < -0.3 is 10.1 Å². The maximum Gasteiger partial charge on any atom is 0.250 e. The fourth-order valence-corrected chi connectivity index (χ4v) is 1.19. The highest BCUT2D eigenvalue weighted by Gasteiger charge is 2.02. The number of hydrogen-bond donors (Lipinski definition) is 1. The minimum atomic E-state index is -0.390. The number of nitrogens with two attached hydrogens (primary N) is 1. The molecule has 4 heteroatoms. The Labute approximate surface area is 85.9 Å². The number of hydrogen-bond acceptors (Lipinski definition) is 1. The van der Waals surface area contributed by atoms with Gasteiger partial charge in [-0.05, 0) is 18.2 Å². The van der Waals surface area contributed by atoms with Crippen molar-refractivity contribution in [2.24, 2.45) is 5.73 Å². The average molecular weight is 241 g/mol. The SMILES string of the molecule is Br.NC(=O)c1cc2ccccn2c1. The Kier molecular flexibility index (Phi) is 2.72. The van der Waals surface area contributed by atoms with E-state index in [0.29, 0.717) is 5.56 Å². The molecular formula is C9H9BrN2O. The van der Waals surface area contributed by atoms with Crippen molar-refractivity contribution in [2.45, 2.75) is 0 Å². The fourth-order valence-electron chi connectivity index (χ4n) is 1.19. The molecule has 0 saturated heterocycles. The minimum Gasteiger partial charge on any atom is -0.366 e. The summed E-state index contributed by atoms with van der Waals surface area (Å²) in [6.45, 7) is 0. The van der Waals surface area contributed by atoms with E-state index in [1.807, 2.05) is 28.8 Å². The molecule has 0 aliphatic rings. The van der Waals surface area contributed by atoms with Crippen LogP contribution >= 0.6 is 17.0 Å². The fraction of sp³-hybridized carbons (Fsp3) is 0. The van der Waals surface area contributed by atoms with E-state index in [0.717, 1.165) is 5.52 Å². The number of primary amides is 1. The van der Waals surface area contributed by atoms with Crippen LogP contribution in [0.25, 0.3) is 5.52 Å². The lowest BCUT2D eigenvalue weighted by Gasteiger charge is -1.88. The van der Waals surface area contributed by atoms with Gasteiger partial charge in [-0.15, -0.1) is 17.0 Å². The molecule has 0 bridgehead atoms. The van der Waals surface area contributed by atoms with Crippen LogP contribution in [0.2, 0.25) is 0 Å². The highest BCUT2D eigenvalue weighted by molar-refractivity contribution is 8.93. The van der Waals surface area contributed by atoms with E-state index in [4.69, 9.17) is 5.73 Å². The lowest BCUT2D eigenvalue weighted by molar-refractivity contribution is 0.100. The highest BCUT2D eigenvalue weighted by atomic mass is 79.9. The van der Waals surface area contributed by atoms with Gasteiger partial charge in [0.05, 0.1) is 5.56 Å². The largest absolute Gasteiger partial charge is 0.366 e. The Bertz CT molecular complexity index is 403. The van der Waals surface area contributed by atoms with Crippen LogP contribution in [0.15, 0.2) is 36.7 Å². The number of aromatic nitrogens is 1. The van der Waals surface area contributed by atoms with Crippen molar-refractivity contribution < 1.29 is 4.79 Å². The van der Waals surface area contributed by atoms with Gasteiger partial charge in [-0.1, -0.05) is 6.07 Å². The first kappa shape index (κ1) is 9.80. The number of rotatable bonds is 1. The highest BCUT2D eigenvalue weighted by Crippen LogP contribution is 2.08. The zero-order valence-corrected chi connectivity index (χ0v) is 8.52. The average Bonchev–Trinajstić information content (AvgIpc) is 2.46. The Morgan fingerprint density at radius 2 is 2.15 bits per heavy atom. The van der Waals surface area contributed by atoms with Gasteiger partial charge in [-0.25, -0.2) is 0 Å². The van der Waals surface area contributed by atoms with Gasteiger partial charge in [0.1, 0.15) is 0 Å². The van der Waals surface area contributed by atoms with E-state index in [2.05, 4.69) is 0 Å². The summed E-state index contributed by atoms with van der Waals surface area (Å²) in [5.74, 6) is -0.390. The number of carbonyl (C=O) groups is 1. The first-order valence-corrected chi connectivity index (χ1v) is 3.64. The Morgan fingerprint density at radius 1 is 1.38 bits per heavy atom. The molecule has 0 atom stereocenters. The van der Waals surface area contributed by atoms with Crippen LogP contribution in [0, 0.1) is 0 Å². The third-order valence-electron chi connectivity index (χ3n) is 1.79. The maximum absolute atomic E-state index is 10.8. The summed E-state index contributed by atoms with van der Waals surface area (Å²) < 4.78 is 1.86. The molecule has 0 unspecified atom stereocenters. The molecule has 0 saturated carbocycles. The molecule has 0 radical (unpaired) electrons. The van der Waals surface area contributed by atoms with Crippen LogP contribution < -0.4 is 5.73 Å². The van der Waals surface area contributed by atoms with E-state index in [1.165, 1.54) is 0 Å².